The number of aryl methyl sites for hydroxylation is 5. The molecule has 0 N–H and O–H groups in total. The Labute approximate surface area is 186 Å². The molecule has 4 heteroatoms. The van der Waals surface area contributed by atoms with Crippen molar-refractivity contribution < 1.29 is 14.0 Å². The molecular weight excluding hydrogens is 383 g/mol. The van der Waals surface area contributed by atoms with E-state index < -0.39 is 0 Å². The lowest BCUT2D eigenvalue weighted by molar-refractivity contribution is 0.0226. The van der Waals surface area contributed by atoms with Crippen LogP contribution in [-0.4, -0.2) is 26.4 Å². The summed E-state index contributed by atoms with van der Waals surface area (Å²) in [7, 11) is -0.326. The predicted octanol–water partition coefficient (Wildman–Crippen LogP) is 5.15. The minimum absolute atomic E-state index is 0.0950. The Morgan fingerprint density at radius 1 is 0.806 bits per heavy atom. The highest BCUT2D eigenvalue weighted by Gasteiger charge is 2.34. The molecule has 0 radical (unpaired) electrons. The monoisotopic (exact) mass is 414 g/mol. The fourth-order valence-electron chi connectivity index (χ4n) is 4.43. The fraction of sp³-hybridized carbons (Fsp3) is 0.333. The van der Waals surface area contributed by atoms with Gasteiger partial charge in [-0.25, -0.2) is 0 Å². The van der Waals surface area contributed by atoms with Gasteiger partial charge >= 0.3 is 7.12 Å². The van der Waals surface area contributed by atoms with E-state index in [9.17, 15) is 0 Å². The molecule has 1 aliphatic heterocycles. The third kappa shape index (κ3) is 4.77. The minimum atomic E-state index is -0.326. The Morgan fingerprint density at radius 3 is 1.84 bits per heavy atom. The Balaban J connectivity index is 1.56. The third-order valence-electron chi connectivity index (χ3n) is 6.16. The molecule has 3 aromatic rings. The van der Waals surface area contributed by atoms with E-state index in [4.69, 9.17) is 14.0 Å². The highest BCUT2D eigenvalue weighted by Crippen LogP contribution is 2.35. The SMILES string of the molecule is Cc1ccc(B2OC[C@@H](COC(c3c(C)cccc3C)c3c(C)cccc3C)O2)cc1. The average Bonchev–Trinajstić information content (AvgIpc) is 3.20. The van der Waals surface area contributed by atoms with Crippen molar-refractivity contribution >= 4 is 12.6 Å². The van der Waals surface area contributed by atoms with Crippen LogP contribution in [0.25, 0.3) is 0 Å². The van der Waals surface area contributed by atoms with Crippen LogP contribution in [0.4, 0.5) is 0 Å². The molecule has 0 bridgehead atoms. The zero-order valence-electron chi connectivity index (χ0n) is 19.1. The molecular formula is C27H31BO3. The molecule has 0 aliphatic carbocycles. The van der Waals surface area contributed by atoms with Gasteiger partial charge in [-0.05, 0) is 73.5 Å². The molecule has 1 saturated heterocycles. The summed E-state index contributed by atoms with van der Waals surface area (Å²) in [5, 5.41) is 0. The van der Waals surface area contributed by atoms with Crippen molar-refractivity contribution in [1.82, 2.24) is 0 Å². The summed E-state index contributed by atoms with van der Waals surface area (Å²) in [4.78, 5) is 0. The lowest BCUT2D eigenvalue weighted by Gasteiger charge is -2.27. The molecule has 0 unspecified atom stereocenters. The second-order valence-electron chi connectivity index (χ2n) is 8.66. The Bertz CT molecular complexity index is 953. The van der Waals surface area contributed by atoms with Crippen molar-refractivity contribution in [3.63, 3.8) is 0 Å². The molecule has 3 aromatic carbocycles. The van der Waals surface area contributed by atoms with E-state index in [1.54, 1.807) is 0 Å². The second-order valence-corrected chi connectivity index (χ2v) is 8.66. The summed E-state index contributed by atoms with van der Waals surface area (Å²) < 4.78 is 18.7. The van der Waals surface area contributed by atoms with Crippen LogP contribution >= 0.6 is 0 Å². The van der Waals surface area contributed by atoms with Crippen LogP contribution in [0, 0.1) is 34.6 Å². The molecule has 0 amide bonds. The number of ether oxygens (including phenoxy) is 1. The summed E-state index contributed by atoms with van der Waals surface area (Å²) in [5.41, 5.74) is 9.74. The maximum absolute atomic E-state index is 6.62. The highest BCUT2D eigenvalue weighted by atomic mass is 16.7. The zero-order chi connectivity index (χ0) is 22.0. The van der Waals surface area contributed by atoms with Crippen molar-refractivity contribution in [3.8, 4) is 0 Å². The van der Waals surface area contributed by atoms with Gasteiger partial charge in [-0.2, -0.15) is 0 Å². The van der Waals surface area contributed by atoms with Crippen LogP contribution in [0.2, 0.25) is 0 Å². The van der Waals surface area contributed by atoms with Gasteiger partial charge in [-0.15, -0.1) is 0 Å². The third-order valence-corrected chi connectivity index (χ3v) is 6.16. The summed E-state index contributed by atoms with van der Waals surface area (Å²) in [6.45, 7) is 11.7. The van der Waals surface area contributed by atoms with Gasteiger partial charge in [0, 0.05) is 0 Å². The normalized spacial score (nSPS) is 16.3. The molecule has 1 atom stereocenters. The fourth-order valence-corrected chi connectivity index (χ4v) is 4.43. The lowest BCUT2D eigenvalue weighted by Crippen LogP contribution is -2.33. The summed E-state index contributed by atoms with van der Waals surface area (Å²) in [6, 6.07) is 21.2. The van der Waals surface area contributed by atoms with E-state index in [0.29, 0.717) is 13.2 Å². The molecule has 4 rings (SSSR count). The standard InChI is InChI=1S/C27H31BO3/c1-18-12-14-23(15-13-18)28-30-17-24(31-28)16-29-27(25-19(2)8-6-9-20(25)3)26-21(4)10-7-11-22(26)5/h6-15,24,27H,16-17H2,1-5H3/t24-/m1/s1. The van der Waals surface area contributed by atoms with Crippen molar-refractivity contribution in [3.05, 3.63) is 99.6 Å². The molecule has 1 aliphatic rings. The van der Waals surface area contributed by atoms with Crippen LogP contribution in [0.1, 0.15) is 45.0 Å². The van der Waals surface area contributed by atoms with Gasteiger partial charge < -0.3 is 14.0 Å². The molecule has 0 saturated carbocycles. The molecule has 31 heavy (non-hydrogen) atoms. The van der Waals surface area contributed by atoms with Gasteiger partial charge in [0.25, 0.3) is 0 Å². The summed E-state index contributed by atoms with van der Waals surface area (Å²) in [5.74, 6) is 0. The topological polar surface area (TPSA) is 27.7 Å². The predicted molar refractivity (Wildman–Crippen MR) is 127 cm³/mol. The zero-order valence-corrected chi connectivity index (χ0v) is 19.1. The molecule has 0 spiro atoms. The first-order valence-electron chi connectivity index (χ1n) is 11.0. The quantitative estimate of drug-likeness (QED) is 0.523. The molecule has 1 heterocycles. The smallest absolute Gasteiger partial charge is 0.405 e. The van der Waals surface area contributed by atoms with Crippen LogP contribution in [-0.2, 0) is 14.0 Å². The number of benzene rings is 3. The van der Waals surface area contributed by atoms with Crippen LogP contribution in [0.15, 0.2) is 60.7 Å². The van der Waals surface area contributed by atoms with Gasteiger partial charge in [-0.1, -0.05) is 66.2 Å². The Hall–Kier alpha value is -2.40. The maximum atomic E-state index is 6.62. The van der Waals surface area contributed by atoms with Gasteiger partial charge in [0.05, 0.1) is 19.3 Å². The number of hydrogen-bond acceptors (Lipinski definition) is 3. The highest BCUT2D eigenvalue weighted by molar-refractivity contribution is 6.61. The molecule has 1 fully saturated rings. The van der Waals surface area contributed by atoms with E-state index >= 15 is 0 Å². The van der Waals surface area contributed by atoms with E-state index in [1.165, 1.54) is 38.9 Å². The van der Waals surface area contributed by atoms with Crippen LogP contribution < -0.4 is 5.46 Å². The molecule has 160 valence electrons. The number of hydrogen-bond donors (Lipinski definition) is 0. The first kappa shape index (κ1) is 21.8. The lowest BCUT2D eigenvalue weighted by atomic mass is 9.79. The van der Waals surface area contributed by atoms with Crippen molar-refractivity contribution in [2.24, 2.45) is 0 Å². The first-order valence-corrected chi connectivity index (χ1v) is 11.0. The van der Waals surface area contributed by atoms with Gasteiger partial charge in [-0.3, -0.25) is 0 Å². The molecule has 3 nitrogen and oxygen atoms in total. The first-order chi connectivity index (χ1) is 14.9. The van der Waals surface area contributed by atoms with Gasteiger partial charge in [0.1, 0.15) is 6.10 Å². The van der Waals surface area contributed by atoms with E-state index in [1.807, 2.05) is 0 Å². The van der Waals surface area contributed by atoms with Gasteiger partial charge in [0.15, 0.2) is 0 Å². The second kappa shape index (κ2) is 9.39. The van der Waals surface area contributed by atoms with E-state index in [2.05, 4.69) is 95.3 Å². The van der Waals surface area contributed by atoms with Crippen molar-refractivity contribution in [2.75, 3.05) is 13.2 Å². The number of rotatable bonds is 6. The van der Waals surface area contributed by atoms with Crippen molar-refractivity contribution in [2.45, 2.75) is 46.8 Å². The summed E-state index contributed by atoms with van der Waals surface area (Å²) >= 11 is 0. The average molecular weight is 414 g/mol. The van der Waals surface area contributed by atoms with Crippen LogP contribution in [0.3, 0.4) is 0 Å². The largest absolute Gasteiger partial charge is 0.494 e. The minimum Gasteiger partial charge on any atom is -0.405 e. The van der Waals surface area contributed by atoms with E-state index in [-0.39, 0.29) is 19.3 Å². The van der Waals surface area contributed by atoms with E-state index in [0.717, 1.165) is 5.46 Å². The van der Waals surface area contributed by atoms with Gasteiger partial charge in [0.2, 0.25) is 0 Å². The molecule has 0 aromatic heterocycles. The summed E-state index contributed by atoms with van der Waals surface area (Å²) in [6.07, 6.45) is -0.230. The Kier molecular flexibility index (Phi) is 6.61. The van der Waals surface area contributed by atoms with Crippen molar-refractivity contribution in [1.29, 1.82) is 0 Å². The van der Waals surface area contributed by atoms with Crippen LogP contribution in [0.5, 0.6) is 0 Å². The Morgan fingerprint density at radius 2 is 1.32 bits per heavy atom. The maximum Gasteiger partial charge on any atom is 0.494 e.